The third kappa shape index (κ3) is 4.16. The molecule has 0 saturated heterocycles. The molecular weight excluding hydrogens is 264 g/mol. The molecule has 2 N–H and O–H groups in total. The molecule has 0 aliphatic heterocycles. The molecule has 1 aromatic heterocycles. The molecule has 110 valence electrons. The Labute approximate surface area is 124 Å². The third-order valence-corrected chi connectivity index (χ3v) is 3.56. The lowest BCUT2D eigenvalue weighted by atomic mass is 10.3. The zero-order chi connectivity index (χ0) is 14.5. The maximum Gasteiger partial charge on any atom is 0.234 e. The number of carbonyl (C=O) groups is 1. The Balaban J connectivity index is 1.44. The Morgan fingerprint density at radius 3 is 2.86 bits per heavy atom. The van der Waals surface area contributed by atoms with E-state index in [4.69, 9.17) is 0 Å². The number of aromatic nitrogens is 2. The lowest BCUT2D eigenvalue weighted by Gasteiger charge is -2.05. The van der Waals surface area contributed by atoms with E-state index in [1.54, 1.807) is 6.20 Å². The maximum absolute atomic E-state index is 11.7. The summed E-state index contributed by atoms with van der Waals surface area (Å²) in [5, 5.41) is 10.4. The van der Waals surface area contributed by atoms with E-state index >= 15 is 0 Å². The third-order valence-electron chi connectivity index (χ3n) is 3.56. The van der Waals surface area contributed by atoms with E-state index in [1.807, 2.05) is 41.2 Å². The van der Waals surface area contributed by atoms with Crippen LogP contribution in [0.25, 0.3) is 5.69 Å². The minimum Gasteiger partial charge on any atom is -0.351 e. The molecule has 1 aliphatic rings. The fourth-order valence-electron chi connectivity index (χ4n) is 2.15. The van der Waals surface area contributed by atoms with Crippen molar-refractivity contribution in [3.05, 3.63) is 48.3 Å². The second-order valence-corrected chi connectivity index (χ2v) is 5.48. The Hall–Kier alpha value is -2.14. The summed E-state index contributed by atoms with van der Waals surface area (Å²) < 4.78 is 1.81. The molecule has 1 aliphatic carbocycles. The Bertz CT molecular complexity index is 589. The van der Waals surface area contributed by atoms with Crippen LogP contribution in [0.2, 0.25) is 0 Å². The van der Waals surface area contributed by atoms with Crippen molar-refractivity contribution in [1.29, 1.82) is 0 Å². The highest BCUT2D eigenvalue weighted by Crippen LogP contribution is 2.27. The molecule has 5 heteroatoms. The minimum atomic E-state index is 0.0307. The summed E-state index contributed by atoms with van der Waals surface area (Å²) in [5.74, 6) is 0.824. The van der Waals surface area contributed by atoms with Gasteiger partial charge in [0.1, 0.15) is 0 Å². The van der Waals surface area contributed by atoms with Gasteiger partial charge in [0.2, 0.25) is 5.91 Å². The number of nitrogens with one attached hydrogen (secondary N) is 2. The molecule has 1 amide bonds. The van der Waals surface area contributed by atoms with Gasteiger partial charge in [0.15, 0.2) is 0 Å². The largest absolute Gasteiger partial charge is 0.351 e. The standard InChI is InChI=1S/C16H20N4O/c21-16(11-17-8-13-6-7-13)18-9-14-10-19-20(12-14)15-4-2-1-3-5-15/h1-5,10,12-13,17H,6-9,11H2,(H,18,21). The number of hydrogen-bond donors (Lipinski definition) is 2. The average molecular weight is 284 g/mol. The van der Waals surface area contributed by atoms with E-state index in [-0.39, 0.29) is 5.91 Å². The van der Waals surface area contributed by atoms with Gasteiger partial charge in [-0.3, -0.25) is 4.79 Å². The van der Waals surface area contributed by atoms with Crippen molar-refractivity contribution >= 4 is 5.91 Å². The molecule has 1 fully saturated rings. The SMILES string of the molecule is O=C(CNCC1CC1)NCc1cnn(-c2ccccc2)c1. The van der Waals surface area contributed by atoms with E-state index < -0.39 is 0 Å². The predicted molar refractivity (Wildman–Crippen MR) is 81.0 cm³/mol. The van der Waals surface area contributed by atoms with Crippen molar-refractivity contribution in [1.82, 2.24) is 20.4 Å². The number of carbonyl (C=O) groups excluding carboxylic acids is 1. The number of amides is 1. The van der Waals surface area contributed by atoms with Gasteiger partial charge < -0.3 is 10.6 Å². The Morgan fingerprint density at radius 2 is 2.10 bits per heavy atom. The molecule has 2 aromatic rings. The summed E-state index contributed by atoms with van der Waals surface area (Å²) in [7, 11) is 0. The molecule has 0 atom stereocenters. The average Bonchev–Trinajstić information content (AvgIpc) is 3.21. The van der Waals surface area contributed by atoms with Gasteiger partial charge in [0.25, 0.3) is 0 Å². The van der Waals surface area contributed by atoms with Crippen LogP contribution in [0.15, 0.2) is 42.7 Å². The van der Waals surface area contributed by atoms with Crippen LogP contribution in [0.3, 0.4) is 0 Å². The summed E-state index contributed by atoms with van der Waals surface area (Å²) >= 11 is 0. The molecular formula is C16H20N4O. The van der Waals surface area contributed by atoms with Crippen LogP contribution >= 0.6 is 0 Å². The summed E-state index contributed by atoms with van der Waals surface area (Å²) in [5.41, 5.74) is 2.01. The quantitative estimate of drug-likeness (QED) is 0.810. The van der Waals surface area contributed by atoms with Crippen LogP contribution in [-0.2, 0) is 11.3 Å². The van der Waals surface area contributed by atoms with Crippen LogP contribution in [0, 0.1) is 5.92 Å². The molecule has 0 radical (unpaired) electrons. The lowest BCUT2D eigenvalue weighted by molar-refractivity contribution is -0.120. The molecule has 1 saturated carbocycles. The fraction of sp³-hybridized carbons (Fsp3) is 0.375. The first kappa shape index (κ1) is 13.8. The zero-order valence-corrected chi connectivity index (χ0v) is 12.0. The van der Waals surface area contributed by atoms with Gasteiger partial charge in [0, 0.05) is 18.3 Å². The number of benzene rings is 1. The van der Waals surface area contributed by atoms with Crippen molar-refractivity contribution in [2.24, 2.45) is 5.92 Å². The van der Waals surface area contributed by atoms with Gasteiger partial charge in [-0.2, -0.15) is 5.10 Å². The molecule has 1 heterocycles. The van der Waals surface area contributed by atoms with Gasteiger partial charge in [-0.15, -0.1) is 0 Å². The van der Waals surface area contributed by atoms with Crippen LogP contribution in [0.1, 0.15) is 18.4 Å². The summed E-state index contributed by atoms with van der Waals surface area (Å²) in [6.07, 6.45) is 6.32. The first-order valence-corrected chi connectivity index (χ1v) is 7.37. The van der Waals surface area contributed by atoms with Gasteiger partial charge >= 0.3 is 0 Å². The van der Waals surface area contributed by atoms with Crippen molar-refractivity contribution in [2.75, 3.05) is 13.1 Å². The van der Waals surface area contributed by atoms with Crippen molar-refractivity contribution in [3.63, 3.8) is 0 Å². The van der Waals surface area contributed by atoms with Crippen molar-refractivity contribution < 1.29 is 4.79 Å². The second kappa shape index (κ2) is 6.54. The second-order valence-electron chi connectivity index (χ2n) is 5.48. The van der Waals surface area contributed by atoms with Crippen LogP contribution < -0.4 is 10.6 Å². The summed E-state index contributed by atoms with van der Waals surface area (Å²) in [6.45, 7) is 1.86. The number of nitrogens with zero attached hydrogens (tertiary/aromatic N) is 2. The highest BCUT2D eigenvalue weighted by Gasteiger charge is 2.20. The van der Waals surface area contributed by atoms with E-state index in [1.165, 1.54) is 12.8 Å². The lowest BCUT2D eigenvalue weighted by Crippen LogP contribution is -2.34. The number of rotatable bonds is 7. The molecule has 1 aromatic carbocycles. The monoisotopic (exact) mass is 284 g/mol. The Kier molecular flexibility index (Phi) is 4.31. The van der Waals surface area contributed by atoms with Crippen LogP contribution in [0.4, 0.5) is 0 Å². The van der Waals surface area contributed by atoms with E-state index in [0.29, 0.717) is 13.1 Å². The van der Waals surface area contributed by atoms with E-state index in [0.717, 1.165) is 23.7 Å². The molecule has 5 nitrogen and oxygen atoms in total. The van der Waals surface area contributed by atoms with E-state index in [9.17, 15) is 4.79 Å². The Morgan fingerprint density at radius 1 is 1.29 bits per heavy atom. The van der Waals surface area contributed by atoms with Crippen molar-refractivity contribution in [2.45, 2.75) is 19.4 Å². The first-order chi connectivity index (χ1) is 10.3. The fourth-order valence-corrected chi connectivity index (χ4v) is 2.15. The summed E-state index contributed by atoms with van der Waals surface area (Å²) in [6, 6.07) is 9.92. The molecule has 0 bridgehead atoms. The maximum atomic E-state index is 11.7. The van der Waals surface area contributed by atoms with Gasteiger partial charge in [-0.1, -0.05) is 18.2 Å². The topological polar surface area (TPSA) is 59.0 Å². The zero-order valence-electron chi connectivity index (χ0n) is 12.0. The van der Waals surface area contributed by atoms with Crippen molar-refractivity contribution in [3.8, 4) is 5.69 Å². The minimum absolute atomic E-state index is 0.0307. The van der Waals surface area contributed by atoms with Gasteiger partial charge in [0.05, 0.1) is 18.4 Å². The number of hydrogen-bond acceptors (Lipinski definition) is 3. The van der Waals surface area contributed by atoms with Gasteiger partial charge in [-0.25, -0.2) is 4.68 Å². The van der Waals surface area contributed by atoms with Crippen LogP contribution in [0.5, 0.6) is 0 Å². The highest BCUT2D eigenvalue weighted by molar-refractivity contribution is 5.77. The molecule has 3 rings (SSSR count). The summed E-state index contributed by atoms with van der Waals surface area (Å²) in [4.78, 5) is 11.7. The first-order valence-electron chi connectivity index (χ1n) is 7.37. The highest BCUT2D eigenvalue weighted by atomic mass is 16.1. The number of para-hydroxylation sites is 1. The smallest absolute Gasteiger partial charge is 0.234 e. The predicted octanol–water partition coefficient (Wildman–Crippen LogP) is 1.49. The van der Waals surface area contributed by atoms with E-state index in [2.05, 4.69) is 15.7 Å². The molecule has 0 unspecified atom stereocenters. The van der Waals surface area contributed by atoms with Gasteiger partial charge in [-0.05, 0) is 37.4 Å². The molecule has 21 heavy (non-hydrogen) atoms. The van der Waals surface area contributed by atoms with Crippen LogP contribution in [-0.4, -0.2) is 28.8 Å². The normalized spacial score (nSPS) is 14.1. The molecule has 0 spiro atoms.